The van der Waals surface area contributed by atoms with Crippen LogP contribution in [0.1, 0.15) is 33.1 Å². The van der Waals surface area contributed by atoms with Gasteiger partial charge in [-0.2, -0.15) is 0 Å². The van der Waals surface area contributed by atoms with Crippen molar-refractivity contribution in [2.45, 2.75) is 38.6 Å². The number of nitrogens with one attached hydrogen (secondary N) is 1. The summed E-state index contributed by atoms with van der Waals surface area (Å²) >= 11 is 3.32. The van der Waals surface area contributed by atoms with Crippen LogP contribution in [0.3, 0.4) is 0 Å². The van der Waals surface area contributed by atoms with E-state index in [9.17, 15) is 14.7 Å². The van der Waals surface area contributed by atoms with E-state index in [-0.39, 0.29) is 18.9 Å². The summed E-state index contributed by atoms with van der Waals surface area (Å²) < 4.78 is 6.39. The lowest BCUT2D eigenvalue weighted by atomic mass is 9.96. The molecular weight excluding hydrogens is 338 g/mol. The van der Waals surface area contributed by atoms with Gasteiger partial charge in [0.25, 0.3) is 0 Å². The van der Waals surface area contributed by atoms with E-state index in [0.717, 1.165) is 4.47 Å². The Hall–Kier alpha value is -1.56. The zero-order valence-electron chi connectivity index (χ0n) is 12.2. The highest BCUT2D eigenvalue weighted by molar-refractivity contribution is 9.10. The molecule has 0 heterocycles. The normalized spacial score (nSPS) is 13.3. The first-order valence-corrected chi connectivity index (χ1v) is 7.59. The number of amides is 1. The van der Waals surface area contributed by atoms with Gasteiger partial charge in [0.15, 0.2) is 0 Å². The lowest BCUT2D eigenvalue weighted by Gasteiger charge is -2.25. The third-order valence-corrected chi connectivity index (χ3v) is 3.58. The molecule has 1 aromatic rings. The highest BCUT2D eigenvalue weighted by Gasteiger charge is 2.33. The molecule has 0 fully saturated rings. The van der Waals surface area contributed by atoms with Crippen LogP contribution in [0.15, 0.2) is 28.7 Å². The quantitative estimate of drug-likeness (QED) is 0.749. The fourth-order valence-electron chi connectivity index (χ4n) is 1.89. The van der Waals surface area contributed by atoms with Crippen molar-refractivity contribution >= 4 is 27.8 Å². The van der Waals surface area contributed by atoms with Crippen molar-refractivity contribution in [3.05, 3.63) is 28.7 Å². The highest BCUT2D eigenvalue weighted by atomic mass is 79.9. The topological polar surface area (TPSA) is 75.6 Å². The molecule has 1 amide bonds. The van der Waals surface area contributed by atoms with Crippen LogP contribution in [-0.4, -0.2) is 29.1 Å². The van der Waals surface area contributed by atoms with Gasteiger partial charge in [-0.3, -0.25) is 4.79 Å². The van der Waals surface area contributed by atoms with Gasteiger partial charge < -0.3 is 15.2 Å². The fourth-order valence-corrected chi connectivity index (χ4v) is 2.15. The molecule has 1 unspecified atom stereocenters. The van der Waals surface area contributed by atoms with Crippen LogP contribution in [0.4, 0.5) is 0 Å². The Bertz CT molecular complexity index is 489. The molecule has 5 nitrogen and oxygen atoms in total. The molecule has 116 valence electrons. The number of carbonyl (C=O) groups is 2. The summed E-state index contributed by atoms with van der Waals surface area (Å²) in [6.45, 7) is 3.60. The monoisotopic (exact) mass is 357 g/mol. The third-order valence-electron chi connectivity index (χ3n) is 3.05. The maximum absolute atomic E-state index is 11.8. The first-order valence-electron chi connectivity index (χ1n) is 6.80. The van der Waals surface area contributed by atoms with Gasteiger partial charge in [0.1, 0.15) is 11.3 Å². The highest BCUT2D eigenvalue weighted by Crippen LogP contribution is 2.16. The number of hydrogen-bond acceptors (Lipinski definition) is 3. The molecule has 2 N–H and O–H groups in total. The summed E-state index contributed by atoms with van der Waals surface area (Å²) in [5.74, 6) is -0.683. The molecule has 0 bridgehead atoms. The van der Waals surface area contributed by atoms with E-state index in [2.05, 4.69) is 21.2 Å². The van der Waals surface area contributed by atoms with Crippen LogP contribution in [0, 0.1) is 0 Å². The van der Waals surface area contributed by atoms with Gasteiger partial charge in [0.05, 0.1) is 13.0 Å². The van der Waals surface area contributed by atoms with Crippen molar-refractivity contribution in [3.63, 3.8) is 0 Å². The summed E-state index contributed by atoms with van der Waals surface area (Å²) in [5.41, 5.74) is -1.22. The number of carboxylic acid groups (broad SMARTS) is 1. The molecule has 0 radical (unpaired) electrons. The van der Waals surface area contributed by atoms with Crippen molar-refractivity contribution in [1.82, 2.24) is 5.32 Å². The van der Waals surface area contributed by atoms with E-state index >= 15 is 0 Å². The van der Waals surface area contributed by atoms with Gasteiger partial charge in [0, 0.05) is 4.47 Å². The zero-order chi connectivity index (χ0) is 15.9. The van der Waals surface area contributed by atoms with Gasteiger partial charge in [-0.25, -0.2) is 4.79 Å². The number of carbonyl (C=O) groups excluding carboxylic acids is 1. The Kier molecular flexibility index (Phi) is 6.68. The van der Waals surface area contributed by atoms with Crippen LogP contribution in [0.5, 0.6) is 5.75 Å². The SMILES string of the molecule is CCCC(C)(NC(=O)CCOc1ccc(Br)cc1)C(=O)O. The van der Waals surface area contributed by atoms with Crippen molar-refractivity contribution in [2.24, 2.45) is 0 Å². The van der Waals surface area contributed by atoms with Gasteiger partial charge in [-0.05, 0) is 37.6 Å². The zero-order valence-corrected chi connectivity index (χ0v) is 13.8. The fraction of sp³-hybridized carbons (Fsp3) is 0.467. The summed E-state index contributed by atoms with van der Waals surface area (Å²) in [6, 6.07) is 7.27. The standard InChI is InChI=1S/C15H20BrNO4/c1-3-9-15(2,14(19)20)17-13(18)8-10-21-12-6-4-11(16)5-7-12/h4-7H,3,8-10H2,1-2H3,(H,17,18)(H,19,20). The molecule has 21 heavy (non-hydrogen) atoms. The predicted molar refractivity (Wildman–Crippen MR) is 83.3 cm³/mol. The molecule has 0 aliphatic carbocycles. The first kappa shape index (κ1) is 17.5. The number of benzene rings is 1. The summed E-state index contributed by atoms with van der Waals surface area (Å²) in [6.07, 6.45) is 1.18. The molecule has 0 aromatic heterocycles. The molecule has 1 aromatic carbocycles. The lowest BCUT2D eigenvalue weighted by Crippen LogP contribution is -2.52. The summed E-state index contributed by atoms with van der Waals surface area (Å²) in [4.78, 5) is 23.0. The Morgan fingerprint density at radius 3 is 2.48 bits per heavy atom. The van der Waals surface area contributed by atoms with Crippen molar-refractivity contribution in [1.29, 1.82) is 0 Å². The maximum atomic E-state index is 11.8. The summed E-state index contributed by atoms with van der Waals surface area (Å²) in [7, 11) is 0. The average molecular weight is 358 g/mol. The van der Waals surface area contributed by atoms with Crippen LogP contribution >= 0.6 is 15.9 Å². The number of hydrogen-bond donors (Lipinski definition) is 2. The number of ether oxygens (including phenoxy) is 1. The second-order valence-corrected chi connectivity index (χ2v) is 5.90. The van der Waals surface area contributed by atoms with E-state index in [0.29, 0.717) is 18.6 Å². The molecule has 1 rings (SSSR count). The third kappa shape index (κ3) is 5.75. The second kappa shape index (κ2) is 8.02. The van der Waals surface area contributed by atoms with Gasteiger partial charge >= 0.3 is 5.97 Å². The minimum Gasteiger partial charge on any atom is -0.493 e. The molecule has 0 saturated carbocycles. The minimum absolute atomic E-state index is 0.114. The number of rotatable bonds is 8. The van der Waals surface area contributed by atoms with Crippen LogP contribution in [0.2, 0.25) is 0 Å². The van der Waals surface area contributed by atoms with Crippen molar-refractivity contribution in [2.75, 3.05) is 6.61 Å². The first-order chi connectivity index (χ1) is 9.87. The molecule has 0 spiro atoms. The molecular formula is C15H20BrNO4. The Morgan fingerprint density at radius 1 is 1.33 bits per heavy atom. The van der Waals surface area contributed by atoms with Crippen LogP contribution in [-0.2, 0) is 9.59 Å². The summed E-state index contributed by atoms with van der Waals surface area (Å²) in [5, 5.41) is 11.8. The van der Waals surface area contributed by atoms with E-state index in [1.807, 2.05) is 19.1 Å². The predicted octanol–water partition coefficient (Wildman–Crippen LogP) is 2.98. The van der Waals surface area contributed by atoms with E-state index < -0.39 is 11.5 Å². The Balaban J connectivity index is 2.43. The Morgan fingerprint density at radius 2 is 1.95 bits per heavy atom. The molecule has 6 heteroatoms. The second-order valence-electron chi connectivity index (χ2n) is 4.99. The molecule has 0 aliphatic heterocycles. The number of carboxylic acids is 1. The molecule has 0 aliphatic rings. The van der Waals surface area contributed by atoms with Crippen molar-refractivity contribution in [3.8, 4) is 5.75 Å². The van der Waals surface area contributed by atoms with Gasteiger partial charge in [-0.1, -0.05) is 29.3 Å². The van der Waals surface area contributed by atoms with Crippen LogP contribution in [0.25, 0.3) is 0 Å². The molecule has 1 atom stereocenters. The van der Waals surface area contributed by atoms with E-state index in [4.69, 9.17) is 4.74 Å². The van der Waals surface area contributed by atoms with Gasteiger partial charge in [0.2, 0.25) is 5.91 Å². The van der Waals surface area contributed by atoms with E-state index in [1.54, 1.807) is 12.1 Å². The van der Waals surface area contributed by atoms with Crippen molar-refractivity contribution < 1.29 is 19.4 Å². The number of aliphatic carboxylic acids is 1. The lowest BCUT2D eigenvalue weighted by molar-refractivity contribution is -0.147. The van der Waals surface area contributed by atoms with E-state index in [1.165, 1.54) is 6.92 Å². The smallest absolute Gasteiger partial charge is 0.329 e. The number of halogens is 1. The van der Waals surface area contributed by atoms with Gasteiger partial charge in [-0.15, -0.1) is 0 Å². The maximum Gasteiger partial charge on any atom is 0.329 e. The average Bonchev–Trinajstić information content (AvgIpc) is 2.41. The van der Waals surface area contributed by atoms with Crippen LogP contribution < -0.4 is 10.1 Å². The minimum atomic E-state index is -1.22. The largest absolute Gasteiger partial charge is 0.493 e. The Labute approximate surface area is 132 Å². The molecule has 0 saturated heterocycles.